The van der Waals surface area contributed by atoms with E-state index in [2.05, 4.69) is 15.3 Å². The van der Waals surface area contributed by atoms with Crippen LogP contribution in [-0.4, -0.2) is 20.8 Å². The standard InChI is InChI=1S/C12H9ClN4O3/c1-7-2-3-11(15-5-7)16-12(18)8-4-10(13)14-6-9(8)17(19)20/h2-6H,1H3,(H,15,16,18). The molecule has 0 bridgehead atoms. The van der Waals surface area contributed by atoms with Crippen molar-refractivity contribution in [1.82, 2.24) is 9.97 Å². The van der Waals surface area contributed by atoms with Gasteiger partial charge in [0.1, 0.15) is 22.7 Å². The van der Waals surface area contributed by atoms with Crippen LogP contribution in [0.1, 0.15) is 15.9 Å². The maximum Gasteiger partial charge on any atom is 0.300 e. The van der Waals surface area contributed by atoms with Crippen LogP contribution in [0.25, 0.3) is 0 Å². The molecule has 102 valence electrons. The molecule has 0 atom stereocenters. The number of rotatable bonds is 3. The molecule has 8 heteroatoms. The number of aromatic nitrogens is 2. The van der Waals surface area contributed by atoms with Crippen molar-refractivity contribution in [2.75, 3.05) is 5.32 Å². The molecule has 7 nitrogen and oxygen atoms in total. The van der Waals surface area contributed by atoms with E-state index >= 15 is 0 Å². The van der Waals surface area contributed by atoms with E-state index in [0.29, 0.717) is 5.82 Å². The molecule has 20 heavy (non-hydrogen) atoms. The van der Waals surface area contributed by atoms with Gasteiger partial charge in [-0.25, -0.2) is 9.97 Å². The van der Waals surface area contributed by atoms with Gasteiger partial charge in [0.2, 0.25) is 0 Å². The molecule has 0 aromatic carbocycles. The Kier molecular flexibility index (Phi) is 3.90. The van der Waals surface area contributed by atoms with Crippen molar-refractivity contribution in [1.29, 1.82) is 0 Å². The molecule has 2 heterocycles. The number of halogens is 1. The highest BCUT2D eigenvalue weighted by Gasteiger charge is 2.21. The quantitative estimate of drug-likeness (QED) is 0.532. The van der Waals surface area contributed by atoms with Crippen LogP contribution in [0.2, 0.25) is 5.15 Å². The second-order valence-electron chi connectivity index (χ2n) is 3.96. The number of pyridine rings is 2. The number of nitro groups is 1. The molecule has 0 radical (unpaired) electrons. The number of carbonyl (C=O) groups excluding carboxylic acids is 1. The summed E-state index contributed by atoms with van der Waals surface area (Å²) in [5.74, 6) is -0.375. The first-order valence-corrected chi connectivity index (χ1v) is 5.89. The highest BCUT2D eigenvalue weighted by atomic mass is 35.5. The number of nitrogens with zero attached hydrogens (tertiary/aromatic N) is 3. The van der Waals surface area contributed by atoms with Crippen LogP contribution in [-0.2, 0) is 0 Å². The number of nitrogens with one attached hydrogen (secondary N) is 1. The van der Waals surface area contributed by atoms with Crippen LogP contribution in [0.4, 0.5) is 11.5 Å². The Hall–Kier alpha value is -2.54. The number of amides is 1. The number of anilines is 1. The van der Waals surface area contributed by atoms with E-state index in [0.717, 1.165) is 17.8 Å². The normalized spacial score (nSPS) is 10.1. The van der Waals surface area contributed by atoms with Gasteiger partial charge in [0.05, 0.1) is 4.92 Å². The lowest BCUT2D eigenvalue weighted by Crippen LogP contribution is -2.15. The van der Waals surface area contributed by atoms with Gasteiger partial charge in [-0.15, -0.1) is 0 Å². The van der Waals surface area contributed by atoms with Crippen molar-refractivity contribution in [2.24, 2.45) is 0 Å². The topological polar surface area (TPSA) is 98.0 Å². The average Bonchev–Trinajstić information content (AvgIpc) is 2.41. The maximum absolute atomic E-state index is 12.0. The molecule has 0 aliphatic rings. The Bertz CT molecular complexity index is 673. The van der Waals surface area contributed by atoms with Crippen molar-refractivity contribution in [2.45, 2.75) is 6.92 Å². The predicted molar refractivity (Wildman–Crippen MR) is 72.8 cm³/mol. The second-order valence-corrected chi connectivity index (χ2v) is 4.34. The summed E-state index contributed by atoms with van der Waals surface area (Å²) in [6.45, 7) is 1.85. The second kappa shape index (κ2) is 5.62. The minimum Gasteiger partial charge on any atom is -0.306 e. The summed E-state index contributed by atoms with van der Waals surface area (Å²) < 4.78 is 0. The Morgan fingerprint density at radius 2 is 2.10 bits per heavy atom. The summed E-state index contributed by atoms with van der Waals surface area (Å²) in [6, 6.07) is 4.50. The fraction of sp³-hybridized carbons (Fsp3) is 0.0833. The molecule has 1 N–H and O–H groups in total. The van der Waals surface area contributed by atoms with Gasteiger partial charge >= 0.3 is 0 Å². The van der Waals surface area contributed by atoms with E-state index in [4.69, 9.17) is 11.6 Å². The third kappa shape index (κ3) is 3.07. The van der Waals surface area contributed by atoms with Gasteiger partial charge in [0.25, 0.3) is 11.6 Å². The lowest BCUT2D eigenvalue weighted by Gasteiger charge is -2.05. The van der Waals surface area contributed by atoms with Crippen LogP contribution < -0.4 is 5.32 Å². The van der Waals surface area contributed by atoms with Gasteiger partial charge in [-0.1, -0.05) is 17.7 Å². The fourth-order valence-electron chi connectivity index (χ4n) is 1.48. The van der Waals surface area contributed by atoms with Crippen molar-refractivity contribution >= 4 is 29.0 Å². The van der Waals surface area contributed by atoms with Crippen LogP contribution in [0.5, 0.6) is 0 Å². The number of aryl methyl sites for hydroxylation is 1. The minimum absolute atomic E-state index is 0.00221. The van der Waals surface area contributed by atoms with Crippen LogP contribution >= 0.6 is 11.6 Å². The number of hydrogen-bond donors (Lipinski definition) is 1. The molecule has 2 aromatic rings. The average molecular weight is 293 g/mol. The Labute approximate surface area is 118 Å². The van der Waals surface area contributed by atoms with E-state index in [9.17, 15) is 14.9 Å². The van der Waals surface area contributed by atoms with Crippen LogP contribution in [0.3, 0.4) is 0 Å². The van der Waals surface area contributed by atoms with Crippen molar-refractivity contribution in [3.05, 3.63) is 57.0 Å². The summed E-state index contributed by atoms with van der Waals surface area (Å²) in [7, 11) is 0. The molecular weight excluding hydrogens is 284 g/mol. The zero-order valence-electron chi connectivity index (χ0n) is 10.3. The molecule has 0 spiro atoms. The largest absolute Gasteiger partial charge is 0.306 e. The molecule has 0 unspecified atom stereocenters. The predicted octanol–water partition coefficient (Wildman–Crippen LogP) is 2.60. The van der Waals surface area contributed by atoms with Crippen molar-refractivity contribution in [3.63, 3.8) is 0 Å². The van der Waals surface area contributed by atoms with Gasteiger partial charge in [0, 0.05) is 6.20 Å². The SMILES string of the molecule is Cc1ccc(NC(=O)c2cc(Cl)ncc2[N+](=O)[O-])nc1. The summed E-state index contributed by atoms with van der Waals surface area (Å²) in [5, 5.41) is 13.3. The Balaban J connectivity index is 2.31. The van der Waals surface area contributed by atoms with Gasteiger partial charge in [0.15, 0.2) is 0 Å². The van der Waals surface area contributed by atoms with E-state index in [1.54, 1.807) is 18.3 Å². The van der Waals surface area contributed by atoms with Crippen molar-refractivity contribution in [3.8, 4) is 0 Å². The lowest BCUT2D eigenvalue weighted by molar-refractivity contribution is -0.385. The Morgan fingerprint density at radius 3 is 2.70 bits per heavy atom. The zero-order chi connectivity index (χ0) is 14.7. The third-order valence-electron chi connectivity index (χ3n) is 2.44. The summed E-state index contributed by atoms with van der Waals surface area (Å²) in [4.78, 5) is 29.8. The first-order chi connectivity index (χ1) is 9.47. The lowest BCUT2D eigenvalue weighted by atomic mass is 10.2. The first kappa shape index (κ1) is 13.9. The molecule has 0 aliphatic heterocycles. The van der Waals surface area contributed by atoms with E-state index < -0.39 is 16.5 Å². The highest BCUT2D eigenvalue weighted by molar-refractivity contribution is 6.30. The summed E-state index contributed by atoms with van der Waals surface area (Å²) in [6.07, 6.45) is 2.52. The monoisotopic (exact) mass is 292 g/mol. The number of carbonyl (C=O) groups is 1. The molecule has 1 amide bonds. The molecule has 0 saturated heterocycles. The van der Waals surface area contributed by atoms with Crippen LogP contribution in [0, 0.1) is 17.0 Å². The summed E-state index contributed by atoms with van der Waals surface area (Å²) in [5.41, 5.74) is 0.345. The fourth-order valence-corrected chi connectivity index (χ4v) is 1.63. The molecular formula is C12H9ClN4O3. The third-order valence-corrected chi connectivity index (χ3v) is 2.65. The smallest absolute Gasteiger partial charge is 0.300 e. The van der Waals surface area contributed by atoms with Gasteiger partial charge in [-0.3, -0.25) is 14.9 Å². The Morgan fingerprint density at radius 1 is 1.35 bits per heavy atom. The van der Waals surface area contributed by atoms with E-state index in [-0.39, 0.29) is 10.7 Å². The molecule has 0 saturated carbocycles. The molecule has 2 rings (SSSR count). The van der Waals surface area contributed by atoms with E-state index in [1.807, 2.05) is 6.92 Å². The van der Waals surface area contributed by atoms with Gasteiger partial charge in [-0.2, -0.15) is 0 Å². The van der Waals surface area contributed by atoms with Gasteiger partial charge in [-0.05, 0) is 24.6 Å². The number of hydrogen-bond acceptors (Lipinski definition) is 5. The maximum atomic E-state index is 12.0. The molecule has 2 aromatic heterocycles. The minimum atomic E-state index is -0.694. The highest BCUT2D eigenvalue weighted by Crippen LogP contribution is 2.21. The molecule has 0 fully saturated rings. The zero-order valence-corrected chi connectivity index (χ0v) is 11.1. The van der Waals surface area contributed by atoms with E-state index in [1.165, 1.54) is 0 Å². The molecule has 0 aliphatic carbocycles. The van der Waals surface area contributed by atoms with Gasteiger partial charge < -0.3 is 5.32 Å². The van der Waals surface area contributed by atoms with Crippen molar-refractivity contribution < 1.29 is 9.72 Å². The first-order valence-electron chi connectivity index (χ1n) is 5.51. The summed E-state index contributed by atoms with van der Waals surface area (Å²) >= 11 is 5.66. The van der Waals surface area contributed by atoms with Crippen LogP contribution in [0.15, 0.2) is 30.6 Å².